The number of hydrogen-bond donors (Lipinski definition) is 0. The molecule has 44 valence electrons. The maximum Gasteiger partial charge on any atom is 0.0627 e. The second-order valence-electron chi connectivity index (χ2n) is 1.47. The summed E-state index contributed by atoms with van der Waals surface area (Å²) in [6, 6.07) is 8.90. The van der Waals surface area contributed by atoms with Gasteiger partial charge in [0.2, 0.25) is 0 Å². The van der Waals surface area contributed by atoms with Crippen molar-refractivity contribution < 1.29 is 45.6 Å². The number of carbonyl (C=O) groups excluding carboxylic acids is 1. The molecule has 0 N–H and O–H groups in total. The topological polar surface area (TPSA) is 17.1 Å². The first kappa shape index (κ1) is 9.24. The summed E-state index contributed by atoms with van der Waals surface area (Å²) in [5.41, 5.74) is 0.604. The van der Waals surface area contributed by atoms with Gasteiger partial charge in [0.15, 0.2) is 0 Å². The maximum atomic E-state index is 9.88. The second-order valence-corrected chi connectivity index (χ2v) is 1.47. The van der Waals surface area contributed by atoms with Gasteiger partial charge in [-0.15, -0.1) is 12.1 Å². The van der Waals surface area contributed by atoms with E-state index in [0.717, 1.165) is 0 Å². The summed E-state index contributed by atoms with van der Waals surface area (Å²) in [6.45, 7) is 0. The van der Waals surface area contributed by atoms with E-state index in [9.17, 15) is 4.79 Å². The number of hydrogen-bond acceptors (Lipinski definition) is 1. The minimum atomic E-state index is 0. The van der Waals surface area contributed by atoms with Crippen molar-refractivity contribution in [1.82, 2.24) is 0 Å². The van der Waals surface area contributed by atoms with E-state index in [4.69, 9.17) is 0 Å². The Morgan fingerprint density at radius 3 is 2.00 bits per heavy atom. The standard InChI is InChI=1S/C7H5O.Nd/c8-6-7-4-2-1-3-5-7;/h1-5H;/q-1;. The molecule has 0 aliphatic heterocycles. The Hall–Kier alpha value is 0.241. The van der Waals surface area contributed by atoms with Gasteiger partial charge in [-0.2, -0.15) is 17.7 Å². The van der Waals surface area contributed by atoms with E-state index < -0.39 is 0 Å². The molecule has 0 atom stereocenters. The molecule has 0 amide bonds. The van der Waals surface area contributed by atoms with E-state index in [1.807, 2.05) is 6.07 Å². The van der Waals surface area contributed by atoms with E-state index in [-0.39, 0.29) is 40.8 Å². The molecule has 1 aromatic rings. The number of rotatable bonds is 1. The zero-order valence-electron chi connectivity index (χ0n) is 4.79. The van der Waals surface area contributed by atoms with E-state index in [0.29, 0.717) is 5.56 Å². The average Bonchev–Trinajstić information content (AvgIpc) is 1.90. The zero-order valence-corrected chi connectivity index (χ0v) is 8.00. The molecule has 0 heterocycles. The van der Waals surface area contributed by atoms with Crippen molar-refractivity contribution in [3.05, 3.63) is 35.9 Å². The van der Waals surface area contributed by atoms with Crippen molar-refractivity contribution in [2.24, 2.45) is 0 Å². The molecular weight excluding hydrogens is 244 g/mol. The van der Waals surface area contributed by atoms with Gasteiger partial charge in [-0.1, -0.05) is 6.07 Å². The molecule has 0 saturated heterocycles. The smallest absolute Gasteiger partial charge is 0.0627 e. The van der Waals surface area contributed by atoms with Crippen LogP contribution in [0.25, 0.3) is 0 Å². The van der Waals surface area contributed by atoms with Crippen molar-refractivity contribution in [1.29, 1.82) is 0 Å². The SMILES string of the molecule is O=[C-]c1ccccc1.[Nd]. The third-order valence-electron chi connectivity index (χ3n) is 0.892. The van der Waals surface area contributed by atoms with Gasteiger partial charge in [0, 0.05) is 40.8 Å². The van der Waals surface area contributed by atoms with E-state index >= 15 is 0 Å². The van der Waals surface area contributed by atoms with Crippen LogP contribution in [-0.2, 0) is 4.79 Å². The first-order chi connectivity index (χ1) is 3.93. The maximum absolute atomic E-state index is 9.88. The largest absolute Gasteiger partial charge is 0.376 e. The molecule has 0 aromatic heterocycles. The van der Waals surface area contributed by atoms with Crippen molar-refractivity contribution >= 4 is 6.29 Å². The molecule has 9 heavy (non-hydrogen) atoms. The van der Waals surface area contributed by atoms with E-state index in [1.165, 1.54) is 0 Å². The van der Waals surface area contributed by atoms with Crippen LogP contribution in [0.2, 0.25) is 0 Å². The fraction of sp³-hybridized carbons (Fsp3) is 0. The van der Waals surface area contributed by atoms with Crippen molar-refractivity contribution in [3.63, 3.8) is 0 Å². The minimum absolute atomic E-state index is 0. The summed E-state index contributed by atoms with van der Waals surface area (Å²) in [6.07, 6.45) is 1.78. The van der Waals surface area contributed by atoms with Gasteiger partial charge >= 0.3 is 0 Å². The Morgan fingerprint density at radius 2 is 1.67 bits per heavy atom. The van der Waals surface area contributed by atoms with Crippen LogP contribution < -0.4 is 0 Å². The van der Waals surface area contributed by atoms with Crippen molar-refractivity contribution in [2.75, 3.05) is 0 Å². The van der Waals surface area contributed by atoms with Crippen LogP contribution in [0, 0.1) is 40.8 Å². The van der Waals surface area contributed by atoms with Crippen LogP contribution in [0.3, 0.4) is 0 Å². The Labute approximate surface area is 87.0 Å². The summed E-state index contributed by atoms with van der Waals surface area (Å²) in [4.78, 5) is 9.88. The predicted octanol–water partition coefficient (Wildman–Crippen LogP) is 1.14. The Morgan fingerprint density at radius 1 is 1.11 bits per heavy atom. The molecule has 1 rings (SSSR count). The second kappa shape index (κ2) is 5.06. The average molecular weight is 249 g/mol. The molecule has 0 bridgehead atoms. The van der Waals surface area contributed by atoms with Gasteiger partial charge in [-0.25, -0.2) is 0 Å². The molecule has 2 heteroatoms. The first-order valence-electron chi connectivity index (χ1n) is 2.36. The molecule has 0 fully saturated rings. The van der Waals surface area contributed by atoms with Crippen LogP contribution in [-0.4, -0.2) is 6.29 Å². The molecule has 1 aromatic carbocycles. The molecule has 0 spiro atoms. The minimum Gasteiger partial charge on any atom is -0.376 e. The van der Waals surface area contributed by atoms with Gasteiger partial charge < -0.3 is 4.79 Å². The predicted molar refractivity (Wildman–Crippen MR) is 31.2 cm³/mol. The molecule has 0 unspecified atom stereocenters. The van der Waals surface area contributed by atoms with Crippen LogP contribution in [0.4, 0.5) is 0 Å². The van der Waals surface area contributed by atoms with Crippen molar-refractivity contribution in [2.45, 2.75) is 0 Å². The van der Waals surface area contributed by atoms with Crippen LogP contribution in [0.5, 0.6) is 0 Å². The fourth-order valence-electron chi connectivity index (χ4n) is 0.506. The third kappa shape index (κ3) is 3.06. The summed E-state index contributed by atoms with van der Waals surface area (Å²) >= 11 is 0. The van der Waals surface area contributed by atoms with Gasteiger partial charge in [0.05, 0.1) is 6.29 Å². The van der Waals surface area contributed by atoms with Gasteiger partial charge in [0.25, 0.3) is 0 Å². The quantitative estimate of drug-likeness (QED) is 0.682. The van der Waals surface area contributed by atoms with Crippen LogP contribution in [0.15, 0.2) is 30.3 Å². The Balaban J connectivity index is 0.000000640. The molecule has 1 nitrogen and oxygen atoms in total. The fourth-order valence-corrected chi connectivity index (χ4v) is 0.506. The van der Waals surface area contributed by atoms with Crippen molar-refractivity contribution in [3.8, 4) is 0 Å². The van der Waals surface area contributed by atoms with E-state index in [1.54, 1.807) is 30.6 Å². The summed E-state index contributed by atoms with van der Waals surface area (Å²) < 4.78 is 0. The van der Waals surface area contributed by atoms with Gasteiger partial charge in [-0.05, 0) is 0 Å². The summed E-state index contributed by atoms with van der Waals surface area (Å²) in [5, 5.41) is 0. The monoisotopic (exact) mass is 247 g/mol. The Kier molecular flexibility index (Phi) is 5.19. The summed E-state index contributed by atoms with van der Waals surface area (Å²) in [7, 11) is 0. The summed E-state index contributed by atoms with van der Waals surface area (Å²) in [5.74, 6) is 0. The third-order valence-corrected chi connectivity index (χ3v) is 0.892. The van der Waals surface area contributed by atoms with Crippen LogP contribution in [0.1, 0.15) is 5.56 Å². The molecule has 0 saturated carbocycles. The molecule has 0 radical (unpaired) electrons. The molecular formula is C7H5NdO-. The van der Waals surface area contributed by atoms with E-state index in [2.05, 4.69) is 0 Å². The Bertz CT molecular complexity index is 172. The molecule has 0 aliphatic rings. The molecule has 0 aliphatic carbocycles. The first-order valence-corrected chi connectivity index (χ1v) is 2.36. The van der Waals surface area contributed by atoms with Gasteiger partial charge in [0.1, 0.15) is 0 Å². The van der Waals surface area contributed by atoms with Crippen LogP contribution >= 0.6 is 0 Å². The zero-order chi connectivity index (χ0) is 5.82. The number of benzene rings is 1. The normalized spacial score (nSPS) is 7.56. The van der Waals surface area contributed by atoms with Gasteiger partial charge in [-0.3, -0.25) is 0 Å².